The molecule has 0 heterocycles. The molecule has 15 heavy (non-hydrogen) atoms. The van der Waals surface area contributed by atoms with Crippen LogP contribution in [-0.2, 0) is 14.8 Å². The molecule has 0 saturated carbocycles. The maximum atomic E-state index is 11.7. The van der Waals surface area contributed by atoms with Gasteiger partial charge in [-0.15, -0.1) is 0 Å². The van der Waals surface area contributed by atoms with Crippen LogP contribution in [0.15, 0.2) is 0 Å². The van der Waals surface area contributed by atoms with E-state index in [0.717, 1.165) is 4.31 Å². The summed E-state index contributed by atoms with van der Waals surface area (Å²) in [5.74, 6) is -1.17. The molecule has 7 heteroatoms. The molecular formula is C8H16FNO4S. The number of carboxylic acids is 1. The highest BCUT2D eigenvalue weighted by molar-refractivity contribution is 7.89. The molecule has 0 atom stereocenters. The predicted octanol–water partition coefficient (Wildman–Crippen LogP) is 0.472. The molecule has 0 aliphatic heterocycles. The van der Waals surface area contributed by atoms with E-state index in [0.29, 0.717) is 0 Å². The van der Waals surface area contributed by atoms with Crippen molar-refractivity contribution in [2.75, 3.05) is 26.0 Å². The quantitative estimate of drug-likeness (QED) is 0.627. The molecule has 0 rings (SSSR count). The molecule has 0 aromatic carbocycles. The number of sulfonamides is 1. The van der Waals surface area contributed by atoms with E-state index < -0.39 is 22.7 Å². The topological polar surface area (TPSA) is 74.7 Å². The number of halogens is 1. The lowest BCUT2D eigenvalue weighted by atomic mass is 10.4. The Hall–Kier alpha value is -0.690. The van der Waals surface area contributed by atoms with E-state index in [9.17, 15) is 17.6 Å². The van der Waals surface area contributed by atoms with Crippen molar-refractivity contribution in [3.05, 3.63) is 0 Å². The molecule has 0 aromatic heterocycles. The molecule has 0 radical (unpaired) electrons. The summed E-state index contributed by atoms with van der Waals surface area (Å²) < 4.78 is 35.6. The van der Waals surface area contributed by atoms with Crippen LogP contribution in [0.5, 0.6) is 0 Å². The fourth-order valence-electron chi connectivity index (χ4n) is 0.927. The maximum Gasteiger partial charge on any atom is 0.304 e. The van der Waals surface area contributed by atoms with Crippen LogP contribution in [0.25, 0.3) is 0 Å². The van der Waals surface area contributed by atoms with Gasteiger partial charge in [0.1, 0.15) is 0 Å². The Morgan fingerprint density at radius 3 is 2.47 bits per heavy atom. The SMILES string of the molecule is CN(CCC(=O)O)S(=O)(=O)CCCCF. The van der Waals surface area contributed by atoms with Crippen molar-refractivity contribution < 1.29 is 22.7 Å². The summed E-state index contributed by atoms with van der Waals surface area (Å²) in [5, 5.41) is 8.37. The maximum absolute atomic E-state index is 11.7. The average molecular weight is 241 g/mol. The number of rotatable bonds is 8. The van der Waals surface area contributed by atoms with Crippen molar-refractivity contribution in [1.29, 1.82) is 0 Å². The van der Waals surface area contributed by atoms with Gasteiger partial charge < -0.3 is 5.11 Å². The van der Waals surface area contributed by atoms with Crippen LogP contribution in [0, 0.1) is 0 Å². The minimum absolute atomic E-state index is 0.0483. The highest BCUT2D eigenvalue weighted by Gasteiger charge is 2.17. The lowest BCUT2D eigenvalue weighted by Gasteiger charge is -2.15. The molecule has 1 N–H and O–H groups in total. The van der Waals surface area contributed by atoms with Crippen molar-refractivity contribution in [3.63, 3.8) is 0 Å². The summed E-state index contributed by atoms with van der Waals surface area (Å²) in [6, 6.07) is 0. The van der Waals surface area contributed by atoms with Gasteiger partial charge in [-0.2, -0.15) is 0 Å². The Kier molecular flexibility index (Phi) is 6.42. The van der Waals surface area contributed by atoms with Crippen molar-refractivity contribution in [2.24, 2.45) is 0 Å². The lowest BCUT2D eigenvalue weighted by molar-refractivity contribution is -0.137. The summed E-state index contributed by atoms with van der Waals surface area (Å²) in [4.78, 5) is 10.2. The molecule has 5 nitrogen and oxygen atoms in total. The Morgan fingerprint density at radius 2 is 2.00 bits per heavy atom. The van der Waals surface area contributed by atoms with Crippen LogP contribution < -0.4 is 0 Å². The Balaban J connectivity index is 4.03. The van der Waals surface area contributed by atoms with Crippen molar-refractivity contribution in [1.82, 2.24) is 4.31 Å². The van der Waals surface area contributed by atoms with E-state index in [2.05, 4.69) is 0 Å². The van der Waals surface area contributed by atoms with E-state index in [1.807, 2.05) is 0 Å². The number of aliphatic carboxylic acids is 1. The summed E-state index contributed by atoms with van der Waals surface area (Å²) >= 11 is 0. The summed E-state index contributed by atoms with van der Waals surface area (Å²) in [6.07, 6.45) is 0.251. The number of hydrogen-bond acceptors (Lipinski definition) is 3. The zero-order valence-corrected chi connectivity index (χ0v) is 9.46. The van der Waals surface area contributed by atoms with Crippen LogP contribution in [0.1, 0.15) is 19.3 Å². The second-order valence-electron chi connectivity index (χ2n) is 3.18. The summed E-state index contributed by atoms with van der Waals surface area (Å²) in [6.45, 7) is -0.582. The van der Waals surface area contributed by atoms with Gasteiger partial charge in [0.25, 0.3) is 0 Å². The van der Waals surface area contributed by atoms with Gasteiger partial charge in [-0.3, -0.25) is 9.18 Å². The highest BCUT2D eigenvalue weighted by Crippen LogP contribution is 2.03. The normalized spacial score (nSPS) is 11.9. The molecule has 0 fully saturated rings. The standard InChI is InChI=1S/C8H16FNO4S/c1-10(6-4-8(11)12)15(13,14)7-3-2-5-9/h2-7H2,1H3,(H,11,12). The van der Waals surface area contributed by atoms with E-state index in [1.165, 1.54) is 7.05 Å². The molecule has 0 saturated heterocycles. The smallest absolute Gasteiger partial charge is 0.304 e. The highest BCUT2D eigenvalue weighted by atomic mass is 32.2. The largest absolute Gasteiger partial charge is 0.481 e. The van der Waals surface area contributed by atoms with Gasteiger partial charge in [0.05, 0.1) is 18.8 Å². The number of nitrogens with zero attached hydrogens (tertiary/aromatic N) is 1. The molecule has 0 aliphatic rings. The van der Waals surface area contributed by atoms with Crippen LogP contribution in [-0.4, -0.2) is 49.8 Å². The minimum Gasteiger partial charge on any atom is -0.481 e. The molecule has 90 valence electrons. The zero-order valence-electron chi connectivity index (χ0n) is 8.65. The zero-order chi connectivity index (χ0) is 11.9. The fraction of sp³-hybridized carbons (Fsp3) is 0.875. The third-order valence-electron chi connectivity index (χ3n) is 1.90. The third-order valence-corrected chi connectivity index (χ3v) is 3.84. The van der Waals surface area contributed by atoms with Gasteiger partial charge in [-0.25, -0.2) is 12.7 Å². The first-order valence-electron chi connectivity index (χ1n) is 4.62. The van der Waals surface area contributed by atoms with Crippen LogP contribution in [0.4, 0.5) is 4.39 Å². The van der Waals surface area contributed by atoms with Gasteiger partial charge in [0.2, 0.25) is 10.0 Å². The first-order chi connectivity index (χ1) is 6.90. The molecule has 0 bridgehead atoms. The van der Waals surface area contributed by atoms with Gasteiger partial charge in [0, 0.05) is 13.6 Å². The Morgan fingerprint density at radius 1 is 1.40 bits per heavy atom. The number of carbonyl (C=O) groups is 1. The third kappa shape index (κ3) is 6.40. The number of carboxylic acid groups (broad SMARTS) is 1. The molecular weight excluding hydrogens is 225 g/mol. The van der Waals surface area contributed by atoms with E-state index >= 15 is 0 Å². The molecule has 0 aliphatic carbocycles. The van der Waals surface area contributed by atoms with E-state index in [-0.39, 0.29) is 31.6 Å². The van der Waals surface area contributed by atoms with Gasteiger partial charge in [-0.05, 0) is 12.8 Å². The second-order valence-corrected chi connectivity index (χ2v) is 5.37. The Labute approximate surface area is 88.9 Å². The lowest BCUT2D eigenvalue weighted by Crippen LogP contribution is -2.31. The van der Waals surface area contributed by atoms with Gasteiger partial charge in [0.15, 0.2) is 0 Å². The summed E-state index contributed by atoms with van der Waals surface area (Å²) in [5.41, 5.74) is 0. The average Bonchev–Trinajstić information content (AvgIpc) is 2.14. The molecule has 0 spiro atoms. The Bertz CT molecular complexity index is 291. The molecule has 0 unspecified atom stereocenters. The monoisotopic (exact) mass is 241 g/mol. The van der Waals surface area contributed by atoms with Crippen LogP contribution >= 0.6 is 0 Å². The molecule has 0 amide bonds. The van der Waals surface area contributed by atoms with Crippen molar-refractivity contribution >= 4 is 16.0 Å². The summed E-state index contributed by atoms with van der Waals surface area (Å²) in [7, 11) is -2.10. The van der Waals surface area contributed by atoms with Gasteiger partial charge in [-0.1, -0.05) is 0 Å². The minimum atomic E-state index is -3.42. The number of hydrogen-bond donors (Lipinski definition) is 1. The predicted molar refractivity (Wildman–Crippen MR) is 53.9 cm³/mol. The van der Waals surface area contributed by atoms with Gasteiger partial charge >= 0.3 is 5.97 Å². The van der Waals surface area contributed by atoms with E-state index in [4.69, 9.17) is 5.11 Å². The van der Waals surface area contributed by atoms with Crippen molar-refractivity contribution in [2.45, 2.75) is 19.3 Å². The first-order valence-corrected chi connectivity index (χ1v) is 6.23. The second kappa shape index (κ2) is 6.73. The van der Waals surface area contributed by atoms with Crippen LogP contribution in [0.2, 0.25) is 0 Å². The first kappa shape index (κ1) is 14.3. The van der Waals surface area contributed by atoms with E-state index in [1.54, 1.807) is 0 Å². The number of alkyl halides is 1. The molecule has 0 aromatic rings. The fourth-order valence-corrected chi connectivity index (χ4v) is 2.18. The van der Waals surface area contributed by atoms with Crippen molar-refractivity contribution in [3.8, 4) is 0 Å². The number of unbranched alkanes of at least 4 members (excludes halogenated alkanes) is 1. The van der Waals surface area contributed by atoms with Crippen LogP contribution in [0.3, 0.4) is 0 Å².